The first kappa shape index (κ1) is 135. The molecule has 0 radical (unpaired) electrons. The smallest absolute Gasteiger partial charge is 0.312 e. The first-order valence-electron chi connectivity index (χ1n) is 44.8. The van der Waals surface area contributed by atoms with Gasteiger partial charge in [0.05, 0.1) is 44.3 Å². The Bertz CT molecular complexity index is 3150. The quantitative estimate of drug-likeness (QED) is 0.0729. The van der Waals surface area contributed by atoms with E-state index in [2.05, 4.69) is 48.5 Å². The summed E-state index contributed by atoms with van der Waals surface area (Å²) in [7, 11) is 0. The number of ether oxygens (including phenoxy) is 8. The Kier molecular flexibility index (Phi) is 55.0. The molecule has 12 fully saturated rings. The number of esters is 8. The molecule has 12 aliphatic rings. The minimum absolute atomic E-state index is 0. The van der Waals surface area contributed by atoms with Crippen LogP contribution in [0.25, 0.3) is 0 Å². The summed E-state index contributed by atoms with van der Waals surface area (Å²) in [5.41, 5.74) is -4.40. The molecule has 7 unspecified atom stereocenters. The lowest BCUT2D eigenvalue weighted by molar-refractivity contribution is -0.222. The molecule has 7 atom stereocenters. The van der Waals surface area contributed by atoms with E-state index in [-0.39, 0.29) is 205 Å². The molecule has 0 aliphatic heterocycles. The summed E-state index contributed by atoms with van der Waals surface area (Å²) in [6.45, 7) is 66.5. The van der Waals surface area contributed by atoms with Crippen molar-refractivity contribution in [2.24, 2.45) is 102 Å². The van der Waals surface area contributed by atoms with Crippen molar-refractivity contribution in [3.63, 3.8) is 0 Å². The van der Waals surface area contributed by atoms with Gasteiger partial charge >= 0.3 is 47.8 Å². The van der Waals surface area contributed by atoms with Crippen molar-refractivity contribution in [2.75, 3.05) is 6.61 Å². The summed E-state index contributed by atoms with van der Waals surface area (Å²) in [4.78, 5) is 97.9. The van der Waals surface area contributed by atoms with Gasteiger partial charge in [-0.15, -0.1) is 0 Å². The maximum atomic E-state index is 13.0. The van der Waals surface area contributed by atoms with Crippen molar-refractivity contribution >= 4 is 47.8 Å². The first-order chi connectivity index (χ1) is 51.0. The van der Waals surface area contributed by atoms with Crippen LogP contribution in [-0.2, 0) is 76.3 Å². The Morgan fingerprint density at radius 1 is 0.355 bits per heavy atom. The number of rotatable bonds is 22. The van der Waals surface area contributed by atoms with Crippen molar-refractivity contribution in [3.8, 4) is 0 Å². The van der Waals surface area contributed by atoms with Crippen LogP contribution in [0.15, 0.2) is 0 Å². The van der Waals surface area contributed by atoms with Crippen molar-refractivity contribution in [1.82, 2.24) is 0 Å². The van der Waals surface area contributed by atoms with Crippen molar-refractivity contribution in [2.45, 2.75) is 543 Å². The fourth-order valence-corrected chi connectivity index (χ4v) is 20.1. The molecule has 16 heteroatoms. The summed E-state index contributed by atoms with van der Waals surface area (Å²) < 4.78 is 45.8. The molecule has 0 aromatic heterocycles. The van der Waals surface area contributed by atoms with Gasteiger partial charge in [0.2, 0.25) is 0 Å². The average molecular weight is 1770 g/mol. The Hall–Kier alpha value is -4.24. The second kappa shape index (κ2) is 50.4. The lowest BCUT2D eigenvalue weighted by Crippen LogP contribution is -2.61. The highest BCUT2D eigenvalue weighted by atomic mass is 16.6. The zero-order chi connectivity index (χ0) is 85.7. The van der Waals surface area contributed by atoms with Crippen LogP contribution in [0.1, 0.15) is 504 Å². The lowest BCUT2D eigenvalue weighted by atomic mass is 9.48. The van der Waals surface area contributed by atoms with E-state index in [4.69, 9.17) is 37.9 Å². The maximum Gasteiger partial charge on any atom is 0.312 e. The number of fused-ring (bicyclic) bond motifs is 1. The molecule has 1 spiro atoms. The number of carbonyl (C=O) groups excluding carboxylic acids is 8. The molecule has 0 aromatic rings. The molecule has 0 aromatic carbocycles. The minimum atomic E-state index is -0.489. The van der Waals surface area contributed by atoms with Gasteiger partial charge in [-0.3, -0.25) is 38.4 Å². The molecule has 0 N–H and O–H groups in total. The predicted molar refractivity (Wildman–Crippen MR) is 528 cm³/mol. The maximum absolute atomic E-state index is 13.0. The van der Waals surface area contributed by atoms with Gasteiger partial charge in [0.25, 0.3) is 0 Å². The number of carbonyl (C=O) groups is 8. The Morgan fingerprint density at radius 2 is 0.726 bits per heavy atom. The molecule has 0 heterocycles. The normalized spacial score (nSPS) is 28.2. The van der Waals surface area contributed by atoms with Crippen LogP contribution in [0.5, 0.6) is 0 Å². The van der Waals surface area contributed by atoms with Crippen LogP contribution in [0.3, 0.4) is 0 Å². The third kappa shape index (κ3) is 33.5. The summed E-state index contributed by atoms with van der Waals surface area (Å²) in [5.74, 6) is 5.00. The lowest BCUT2D eigenvalue weighted by Gasteiger charge is -2.60. The van der Waals surface area contributed by atoms with Gasteiger partial charge in [0, 0.05) is 12.3 Å². The minimum Gasteiger partial charge on any atom is -0.465 e. The van der Waals surface area contributed by atoms with Gasteiger partial charge in [-0.2, -0.15) is 0 Å². The van der Waals surface area contributed by atoms with E-state index in [0.717, 1.165) is 114 Å². The van der Waals surface area contributed by atoms with Gasteiger partial charge in [-0.05, 0) is 384 Å². The Morgan fingerprint density at radius 3 is 1.12 bits per heavy atom. The van der Waals surface area contributed by atoms with Gasteiger partial charge in [-0.1, -0.05) is 165 Å². The highest BCUT2D eigenvalue weighted by molar-refractivity contribution is 5.80. The summed E-state index contributed by atoms with van der Waals surface area (Å²) in [6, 6.07) is 0. The fourth-order valence-electron chi connectivity index (χ4n) is 20.1. The van der Waals surface area contributed by atoms with Crippen molar-refractivity contribution in [3.05, 3.63) is 0 Å². The standard InChI is InChI=1S/C21H34O4.C21H36O2.C20H32O4.C13H24O2.C11H22O2.C10H20O2.12CH4/c1-7-19(5,6)16(22)25-21-11-14-8-15(12-21)10-20(9-14,13-21)17(23)24-18(2,3)4;1-8-18(3,4)17(22)23-20(7)11-12-21-13-16(20)19(5,6)15(21)10-9-14(21)2;1-5-19(2,3)18(22)23-7-6-17(21)24-20(4)15-9-13-8-14(11-15)12-16(20)10-13;1-5-12(2,3)11(14)15-13(4)9-7-6-8-10-13;1-7-10(3,4)9(12)13-11(5,6)8-2;1-7-10(5,6)8(11)12-9(2,3)4;;;;;;;;;;;;/h14-15H,7-13H2,1-6H3;14-16H,8-13H2,1-7H3;13-16H,5-12H2,1-4H3;5-10H2,1-4H3;7-8H2,1-6H3;7H2,1-6H3;12*1H4. The topological polar surface area (TPSA) is 210 Å². The largest absolute Gasteiger partial charge is 0.465 e. The van der Waals surface area contributed by atoms with Crippen molar-refractivity contribution < 1.29 is 76.3 Å². The molecule has 12 rings (SSSR count). The van der Waals surface area contributed by atoms with E-state index in [1.807, 2.05) is 180 Å². The summed E-state index contributed by atoms with van der Waals surface area (Å²) in [6.07, 6.45) is 29.5. The highest BCUT2D eigenvalue weighted by Gasteiger charge is 2.70. The second-order valence-corrected chi connectivity index (χ2v) is 45.0. The van der Waals surface area contributed by atoms with E-state index in [0.29, 0.717) is 41.4 Å². The van der Waals surface area contributed by atoms with Gasteiger partial charge < -0.3 is 37.9 Å². The Labute approximate surface area is 771 Å². The first-order valence-corrected chi connectivity index (χ1v) is 44.8. The summed E-state index contributed by atoms with van der Waals surface area (Å²) in [5, 5.41) is 0. The molecule has 12 saturated carbocycles. The SMILES string of the molecule is C.C.C.C.C.C.C.C.C.C.C.C.CCC(C)(C)C(=O)OC(C)(C)C.CCC(C)(C)C(=O)OC1(C)CCC23CC1C(C)(C)C2CCC3C.CCC(C)(C)C(=O)OC1(C)CCCCC1.CCC(C)(C)C(=O)OC12CC3CC(C1)CC(C(=O)OC(C)(C)C)(C3)C2.CCC(C)(C)C(=O)OCCC(=O)OC1(C)C2CC3CC(C2)CC1C3.CCC(C)(C)OC(=O)C(C)(C)CC. The molecule has 12 aliphatic carbocycles. The third-order valence-electron chi connectivity index (χ3n) is 30.4. The number of hydrogen-bond donors (Lipinski definition) is 0. The van der Waals surface area contributed by atoms with E-state index in [9.17, 15) is 38.4 Å². The molecule has 0 amide bonds. The van der Waals surface area contributed by atoms with Crippen LogP contribution in [0.2, 0.25) is 0 Å². The molecular weight excluding hydrogens is 1550 g/mol. The molecule has 0 saturated heterocycles. The monoisotopic (exact) mass is 1770 g/mol. The van der Waals surface area contributed by atoms with Gasteiger partial charge in [0.1, 0.15) is 45.8 Å². The number of hydrogen-bond acceptors (Lipinski definition) is 16. The average Bonchev–Trinajstić information content (AvgIpc) is 1.51. The van der Waals surface area contributed by atoms with Crippen molar-refractivity contribution in [1.29, 1.82) is 0 Å². The van der Waals surface area contributed by atoms with Gasteiger partial charge in [-0.25, -0.2) is 0 Å². The van der Waals surface area contributed by atoms with Crippen LogP contribution < -0.4 is 0 Å². The van der Waals surface area contributed by atoms with E-state index >= 15 is 0 Å². The highest BCUT2D eigenvalue weighted by Crippen LogP contribution is 2.74. The van der Waals surface area contributed by atoms with E-state index < -0.39 is 27.4 Å². The van der Waals surface area contributed by atoms with Crippen LogP contribution in [0, 0.1) is 102 Å². The Balaban J connectivity index is -0.000000217. The predicted octanol–water partition coefficient (Wildman–Crippen LogP) is 31.6. The van der Waals surface area contributed by atoms with E-state index in [1.165, 1.54) is 83.5 Å². The zero-order valence-corrected chi connectivity index (χ0v) is 77.9. The molecule has 16 nitrogen and oxygen atoms in total. The second-order valence-electron chi connectivity index (χ2n) is 45.0. The zero-order valence-electron chi connectivity index (χ0n) is 77.9. The van der Waals surface area contributed by atoms with Crippen LogP contribution >= 0.6 is 0 Å². The van der Waals surface area contributed by atoms with Gasteiger partial charge in [0.15, 0.2) is 0 Å². The molecule has 744 valence electrons. The van der Waals surface area contributed by atoms with E-state index in [1.54, 1.807) is 0 Å². The fraction of sp³-hybridized carbons (Fsp3) is 0.926. The molecule has 124 heavy (non-hydrogen) atoms. The van der Waals surface area contributed by atoms with Crippen LogP contribution in [0.4, 0.5) is 0 Å². The molecule has 10 bridgehead atoms. The summed E-state index contributed by atoms with van der Waals surface area (Å²) >= 11 is 0. The molecular formula is C108H216O16. The third-order valence-corrected chi connectivity index (χ3v) is 30.4. The van der Waals surface area contributed by atoms with Crippen LogP contribution in [-0.4, -0.2) is 93.6 Å².